The lowest BCUT2D eigenvalue weighted by Gasteiger charge is -2.15. The van der Waals surface area contributed by atoms with Gasteiger partial charge in [-0.15, -0.1) is 0 Å². The fraction of sp³-hybridized carbons (Fsp3) is 0.875. The summed E-state index contributed by atoms with van der Waals surface area (Å²) >= 11 is 0. The number of hydrogen-bond donors (Lipinski definition) is 2. The van der Waals surface area contributed by atoms with Crippen LogP contribution in [-0.4, -0.2) is 31.7 Å². The van der Waals surface area contributed by atoms with Gasteiger partial charge in [0.15, 0.2) is 0 Å². The Labute approximate surface area is 73.5 Å². The number of amides is 1. The van der Waals surface area contributed by atoms with Crippen molar-refractivity contribution in [1.29, 1.82) is 0 Å². The Kier molecular flexibility index (Phi) is 5.66. The van der Waals surface area contributed by atoms with Crippen molar-refractivity contribution in [2.75, 3.05) is 13.7 Å². The van der Waals surface area contributed by atoms with Gasteiger partial charge in [-0.3, -0.25) is 4.79 Å². The minimum absolute atomic E-state index is 0.0848. The fourth-order valence-electron chi connectivity index (χ4n) is 0.789. The molecule has 1 amide bonds. The van der Waals surface area contributed by atoms with Crippen molar-refractivity contribution in [1.82, 2.24) is 5.32 Å². The summed E-state index contributed by atoms with van der Waals surface area (Å²) in [5, 5.41) is 2.79. The van der Waals surface area contributed by atoms with Crippen LogP contribution in [0.15, 0.2) is 0 Å². The van der Waals surface area contributed by atoms with E-state index in [1.807, 2.05) is 6.92 Å². The van der Waals surface area contributed by atoms with Gasteiger partial charge in [0.2, 0.25) is 5.91 Å². The summed E-state index contributed by atoms with van der Waals surface area (Å²) in [6.07, 6.45) is 0.410. The summed E-state index contributed by atoms with van der Waals surface area (Å²) in [6.45, 7) is 4.22. The van der Waals surface area contributed by atoms with Crippen LogP contribution in [0.1, 0.15) is 20.3 Å². The Balaban J connectivity index is 3.67. The molecule has 0 aliphatic carbocycles. The van der Waals surface area contributed by atoms with Gasteiger partial charge in [-0.2, -0.15) is 0 Å². The fourth-order valence-corrected chi connectivity index (χ4v) is 0.789. The number of nitrogens with two attached hydrogens (primary N) is 1. The van der Waals surface area contributed by atoms with E-state index in [0.29, 0.717) is 6.54 Å². The van der Waals surface area contributed by atoms with E-state index in [1.165, 1.54) is 7.11 Å². The first-order chi connectivity index (χ1) is 5.61. The number of hydrogen-bond acceptors (Lipinski definition) is 3. The lowest BCUT2D eigenvalue weighted by molar-refractivity contribution is -0.130. The molecule has 0 aliphatic heterocycles. The number of methoxy groups -OCH3 is 1. The number of rotatable bonds is 5. The van der Waals surface area contributed by atoms with Crippen LogP contribution in [0.3, 0.4) is 0 Å². The quantitative estimate of drug-likeness (QED) is 0.610. The summed E-state index contributed by atoms with van der Waals surface area (Å²) in [5.74, 6) is -0.0848. The molecular formula is C8H18N2O2. The molecule has 4 heteroatoms. The molecule has 0 aromatic rings. The topological polar surface area (TPSA) is 64.3 Å². The van der Waals surface area contributed by atoms with Crippen molar-refractivity contribution in [3.8, 4) is 0 Å². The van der Waals surface area contributed by atoms with E-state index in [2.05, 4.69) is 5.32 Å². The standard InChI is InChI=1S/C8H18N2O2/c1-6(4-5-9)10-8(11)7(2)12-3/h6-7H,4-5,9H2,1-3H3,(H,10,11). The molecule has 2 unspecified atom stereocenters. The third kappa shape index (κ3) is 4.31. The number of ether oxygens (including phenoxy) is 1. The number of carbonyl (C=O) groups excluding carboxylic acids is 1. The van der Waals surface area contributed by atoms with E-state index in [9.17, 15) is 4.79 Å². The van der Waals surface area contributed by atoms with Crippen molar-refractivity contribution in [2.24, 2.45) is 5.73 Å². The minimum Gasteiger partial charge on any atom is -0.372 e. The zero-order valence-corrected chi connectivity index (χ0v) is 7.96. The van der Waals surface area contributed by atoms with Crippen molar-refractivity contribution >= 4 is 5.91 Å². The Bertz CT molecular complexity index is 139. The van der Waals surface area contributed by atoms with Gasteiger partial charge in [0.25, 0.3) is 0 Å². The second kappa shape index (κ2) is 5.97. The van der Waals surface area contributed by atoms with Gasteiger partial charge in [0, 0.05) is 13.2 Å². The second-order valence-corrected chi connectivity index (χ2v) is 2.86. The van der Waals surface area contributed by atoms with E-state index in [-0.39, 0.29) is 18.1 Å². The van der Waals surface area contributed by atoms with Gasteiger partial charge in [-0.25, -0.2) is 0 Å². The molecular weight excluding hydrogens is 156 g/mol. The molecule has 0 aromatic carbocycles. The smallest absolute Gasteiger partial charge is 0.249 e. The van der Waals surface area contributed by atoms with Gasteiger partial charge in [-0.05, 0) is 26.8 Å². The average Bonchev–Trinajstić information content (AvgIpc) is 2.03. The van der Waals surface area contributed by atoms with Gasteiger partial charge in [0.1, 0.15) is 6.10 Å². The minimum atomic E-state index is -0.384. The predicted molar refractivity (Wildman–Crippen MR) is 47.7 cm³/mol. The van der Waals surface area contributed by atoms with Crippen LogP contribution < -0.4 is 11.1 Å². The van der Waals surface area contributed by atoms with Crippen LogP contribution in [0.25, 0.3) is 0 Å². The maximum absolute atomic E-state index is 11.2. The number of nitrogens with one attached hydrogen (secondary N) is 1. The number of carbonyl (C=O) groups is 1. The first-order valence-corrected chi connectivity index (χ1v) is 4.15. The van der Waals surface area contributed by atoms with Crippen LogP contribution >= 0.6 is 0 Å². The molecule has 2 atom stereocenters. The molecule has 4 nitrogen and oxygen atoms in total. The Hall–Kier alpha value is -0.610. The molecule has 0 radical (unpaired) electrons. The van der Waals surface area contributed by atoms with E-state index in [1.54, 1.807) is 6.92 Å². The Morgan fingerprint density at radius 2 is 2.17 bits per heavy atom. The normalized spacial score (nSPS) is 15.3. The zero-order valence-electron chi connectivity index (χ0n) is 7.96. The van der Waals surface area contributed by atoms with E-state index >= 15 is 0 Å². The van der Waals surface area contributed by atoms with E-state index < -0.39 is 0 Å². The maximum atomic E-state index is 11.2. The zero-order chi connectivity index (χ0) is 9.56. The summed E-state index contributed by atoms with van der Waals surface area (Å²) in [5.41, 5.74) is 5.33. The highest BCUT2D eigenvalue weighted by molar-refractivity contribution is 5.80. The first kappa shape index (κ1) is 11.4. The lowest BCUT2D eigenvalue weighted by atomic mass is 10.2. The highest BCUT2D eigenvalue weighted by Crippen LogP contribution is 1.92. The monoisotopic (exact) mass is 174 g/mol. The predicted octanol–water partition coefficient (Wildman–Crippen LogP) is -0.125. The highest BCUT2D eigenvalue weighted by atomic mass is 16.5. The second-order valence-electron chi connectivity index (χ2n) is 2.86. The van der Waals surface area contributed by atoms with Crippen LogP contribution in [0.4, 0.5) is 0 Å². The SMILES string of the molecule is COC(C)C(=O)NC(C)CCN. The molecule has 0 spiro atoms. The largest absolute Gasteiger partial charge is 0.372 e. The van der Waals surface area contributed by atoms with Crippen LogP contribution in [0.2, 0.25) is 0 Å². The van der Waals surface area contributed by atoms with Crippen LogP contribution in [0.5, 0.6) is 0 Å². The molecule has 0 bridgehead atoms. The molecule has 0 heterocycles. The van der Waals surface area contributed by atoms with Gasteiger partial charge >= 0.3 is 0 Å². The highest BCUT2D eigenvalue weighted by Gasteiger charge is 2.13. The molecule has 0 saturated carbocycles. The molecule has 0 rings (SSSR count). The van der Waals surface area contributed by atoms with Crippen molar-refractivity contribution in [2.45, 2.75) is 32.4 Å². The average molecular weight is 174 g/mol. The Morgan fingerprint density at radius 3 is 2.58 bits per heavy atom. The summed E-state index contributed by atoms with van der Waals surface area (Å²) in [7, 11) is 1.51. The summed E-state index contributed by atoms with van der Waals surface area (Å²) < 4.78 is 4.85. The molecule has 12 heavy (non-hydrogen) atoms. The summed E-state index contributed by atoms with van der Waals surface area (Å²) in [6, 6.07) is 0.125. The van der Waals surface area contributed by atoms with Gasteiger partial charge in [-0.1, -0.05) is 0 Å². The van der Waals surface area contributed by atoms with Gasteiger partial charge < -0.3 is 15.8 Å². The van der Waals surface area contributed by atoms with Crippen LogP contribution in [-0.2, 0) is 9.53 Å². The Morgan fingerprint density at radius 1 is 1.58 bits per heavy atom. The maximum Gasteiger partial charge on any atom is 0.249 e. The third-order valence-corrected chi connectivity index (χ3v) is 1.71. The first-order valence-electron chi connectivity index (χ1n) is 4.15. The van der Waals surface area contributed by atoms with Crippen molar-refractivity contribution in [3.63, 3.8) is 0 Å². The molecule has 0 aliphatic rings. The van der Waals surface area contributed by atoms with Crippen molar-refractivity contribution in [3.05, 3.63) is 0 Å². The molecule has 3 N–H and O–H groups in total. The molecule has 72 valence electrons. The van der Waals surface area contributed by atoms with Crippen molar-refractivity contribution < 1.29 is 9.53 Å². The third-order valence-electron chi connectivity index (χ3n) is 1.71. The van der Waals surface area contributed by atoms with Gasteiger partial charge in [0.05, 0.1) is 0 Å². The summed E-state index contributed by atoms with van der Waals surface area (Å²) in [4.78, 5) is 11.2. The van der Waals surface area contributed by atoms with E-state index in [4.69, 9.17) is 10.5 Å². The molecule has 0 fully saturated rings. The molecule has 0 saturated heterocycles. The molecule has 0 aromatic heterocycles. The van der Waals surface area contributed by atoms with E-state index in [0.717, 1.165) is 6.42 Å². The lowest BCUT2D eigenvalue weighted by Crippen LogP contribution is -2.40. The van der Waals surface area contributed by atoms with Crippen LogP contribution in [0, 0.1) is 0 Å².